The molecule has 1 heterocycles. The van der Waals surface area contributed by atoms with Gasteiger partial charge in [-0.2, -0.15) is 11.3 Å². The molecule has 0 radical (unpaired) electrons. The minimum absolute atomic E-state index is 0.0625. The molecule has 0 saturated carbocycles. The second kappa shape index (κ2) is 8.63. The van der Waals surface area contributed by atoms with Gasteiger partial charge in [0.2, 0.25) is 5.91 Å². The van der Waals surface area contributed by atoms with E-state index < -0.39 is 15.1 Å². The van der Waals surface area contributed by atoms with Crippen molar-refractivity contribution in [2.24, 2.45) is 0 Å². The number of benzene rings is 1. The van der Waals surface area contributed by atoms with Gasteiger partial charge in [0, 0.05) is 13.1 Å². The third-order valence-corrected chi connectivity index (χ3v) is 6.93. The number of nitrogens with zero attached hydrogens (tertiary/aromatic N) is 1. The maximum Gasteiger partial charge on any atom is 0.227 e. The zero-order valence-electron chi connectivity index (χ0n) is 14.9. The van der Waals surface area contributed by atoms with Crippen molar-refractivity contribution < 1.29 is 13.2 Å². The molecular weight excluding hydrogens is 354 g/mol. The molecule has 0 spiro atoms. The van der Waals surface area contributed by atoms with Crippen LogP contribution in [0.4, 0.5) is 0 Å². The molecule has 2 aromatic rings. The summed E-state index contributed by atoms with van der Waals surface area (Å²) in [7, 11) is -3.28. The van der Waals surface area contributed by atoms with Crippen LogP contribution >= 0.6 is 11.3 Å². The van der Waals surface area contributed by atoms with E-state index in [2.05, 4.69) is 12.3 Å². The van der Waals surface area contributed by atoms with Crippen LogP contribution in [-0.4, -0.2) is 31.0 Å². The summed E-state index contributed by atoms with van der Waals surface area (Å²) in [6, 6.07) is 8.71. The fraction of sp³-hybridized carbons (Fsp3) is 0.421. The Kier molecular flexibility index (Phi) is 6.79. The van der Waals surface area contributed by atoms with E-state index in [1.165, 1.54) is 0 Å². The maximum absolute atomic E-state index is 12.6. The zero-order chi connectivity index (χ0) is 18.4. The maximum atomic E-state index is 12.6. The van der Waals surface area contributed by atoms with Crippen LogP contribution in [0, 0.1) is 0 Å². The first-order valence-electron chi connectivity index (χ1n) is 8.46. The highest BCUT2D eigenvalue weighted by atomic mass is 32.2. The molecule has 0 aliphatic heterocycles. The third-order valence-electron chi connectivity index (χ3n) is 4.03. The Balaban J connectivity index is 2.07. The van der Waals surface area contributed by atoms with Gasteiger partial charge in [-0.15, -0.1) is 0 Å². The average Bonchev–Trinajstić information content (AvgIpc) is 3.08. The van der Waals surface area contributed by atoms with Gasteiger partial charge in [-0.3, -0.25) is 4.79 Å². The van der Waals surface area contributed by atoms with Crippen LogP contribution < -0.4 is 0 Å². The van der Waals surface area contributed by atoms with Crippen LogP contribution in [0.25, 0.3) is 0 Å². The largest absolute Gasteiger partial charge is 0.338 e. The molecule has 0 saturated heterocycles. The van der Waals surface area contributed by atoms with Crippen molar-refractivity contribution in [1.29, 1.82) is 0 Å². The monoisotopic (exact) mass is 379 g/mol. The lowest BCUT2D eigenvalue weighted by Gasteiger charge is -2.22. The molecule has 0 bridgehead atoms. The lowest BCUT2D eigenvalue weighted by Crippen LogP contribution is -2.32. The van der Waals surface area contributed by atoms with Crippen molar-refractivity contribution in [3.63, 3.8) is 0 Å². The highest BCUT2D eigenvalue weighted by molar-refractivity contribution is 7.92. The Morgan fingerprint density at radius 3 is 2.32 bits per heavy atom. The Hall–Kier alpha value is -1.66. The number of thiophene rings is 1. The van der Waals surface area contributed by atoms with Gasteiger partial charge in [0.15, 0.2) is 9.84 Å². The van der Waals surface area contributed by atoms with Gasteiger partial charge in [0.05, 0.1) is 16.6 Å². The predicted octanol–water partition coefficient (Wildman–Crippen LogP) is 3.91. The lowest BCUT2D eigenvalue weighted by molar-refractivity contribution is -0.131. The van der Waals surface area contributed by atoms with Gasteiger partial charge < -0.3 is 4.90 Å². The van der Waals surface area contributed by atoms with Gasteiger partial charge in [-0.1, -0.05) is 19.1 Å². The number of carbonyl (C=O) groups excluding carboxylic acids is 1. The number of sulfone groups is 1. The molecule has 0 unspecified atom stereocenters. The Morgan fingerprint density at radius 1 is 1.12 bits per heavy atom. The van der Waals surface area contributed by atoms with Crippen LogP contribution in [0.2, 0.25) is 0 Å². The van der Waals surface area contributed by atoms with E-state index in [-0.39, 0.29) is 12.3 Å². The second-order valence-corrected chi connectivity index (χ2v) is 9.65. The lowest BCUT2D eigenvalue weighted by atomic mass is 10.1. The number of amides is 1. The van der Waals surface area contributed by atoms with E-state index in [1.807, 2.05) is 16.3 Å². The summed E-state index contributed by atoms with van der Waals surface area (Å²) in [4.78, 5) is 14.8. The second-order valence-electron chi connectivity index (χ2n) is 6.36. The van der Waals surface area contributed by atoms with E-state index in [4.69, 9.17) is 0 Å². The molecule has 1 aromatic heterocycles. The highest BCUT2D eigenvalue weighted by Crippen LogP contribution is 2.17. The molecular formula is C19H25NO3S2. The standard InChI is InChI=1S/C19H25NO3S2/c1-4-10-20(13-17-9-11-24-14-17)19(21)12-16-5-7-18(8-6-16)25(22,23)15(2)3/h5-9,11,14-15H,4,10,12-13H2,1-3H3. The van der Waals surface area contributed by atoms with Gasteiger partial charge in [0.25, 0.3) is 0 Å². The van der Waals surface area contributed by atoms with Crippen LogP contribution in [0.15, 0.2) is 46.0 Å². The molecule has 0 N–H and O–H groups in total. The van der Waals surface area contributed by atoms with Crippen molar-refractivity contribution in [2.75, 3.05) is 6.54 Å². The van der Waals surface area contributed by atoms with Crippen molar-refractivity contribution in [3.8, 4) is 0 Å². The van der Waals surface area contributed by atoms with Gasteiger partial charge in [-0.25, -0.2) is 8.42 Å². The first-order chi connectivity index (χ1) is 11.8. The van der Waals surface area contributed by atoms with Crippen molar-refractivity contribution >= 4 is 27.1 Å². The Bertz CT molecular complexity index is 779. The molecule has 25 heavy (non-hydrogen) atoms. The van der Waals surface area contributed by atoms with E-state index in [9.17, 15) is 13.2 Å². The molecule has 1 amide bonds. The quantitative estimate of drug-likeness (QED) is 0.699. The normalized spacial score (nSPS) is 11.7. The van der Waals surface area contributed by atoms with Crippen LogP contribution in [0.3, 0.4) is 0 Å². The zero-order valence-corrected chi connectivity index (χ0v) is 16.6. The Morgan fingerprint density at radius 2 is 1.80 bits per heavy atom. The molecule has 6 heteroatoms. The summed E-state index contributed by atoms with van der Waals surface area (Å²) in [6.07, 6.45) is 1.19. The predicted molar refractivity (Wildman–Crippen MR) is 102 cm³/mol. The summed E-state index contributed by atoms with van der Waals surface area (Å²) in [5.41, 5.74) is 1.98. The molecule has 1 aromatic carbocycles. The van der Waals surface area contributed by atoms with Crippen LogP contribution in [0.1, 0.15) is 38.3 Å². The minimum atomic E-state index is -3.28. The van der Waals surface area contributed by atoms with Crippen LogP contribution in [0.5, 0.6) is 0 Å². The average molecular weight is 380 g/mol. The van der Waals surface area contributed by atoms with Gasteiger partial charge >= 0.3 is 0 Å². The van der Waals surface area contributed by atoms with Crippen molar-refractivity contribution in [3.05, 3.63) is 52.2 Å². The molecule has 2 rings (SSSR count). The van der Waals surface area contributed by atoms with Gasteiger partial charge in [0.1, 0.15) is 0 Å². The van der Waals surface area contributed by atoms with Crippen molar-refractivity contribution in [2.45, 2.75) is 50.3 Å². The molecule has 136 valence electrons. The number of hydrogen-bond donors (Lipinski definition) is 0. The first kappa shape index (κ1) is 19.7. The summed E-state index contributed by atoms with van der Waals surface area (Å²) in [6.45, 7) is 6.73. The SMILES string of the molecule is CCCN(Cc1ccsc1)C(=O)Cc1ccc(S(=O)(=O)C(C)C)cc1. The van der Waals surface area contributed by atoms with Crippen LogP contribution in [-0.2, 0) is 27.6 Å². The first-order valence-corrected chi connectivity index (χ1v) is 10.9. The number of carbonyl (C=O) groups is 1. The Labute approximate surface area is 154 Å². The van der Waals surface area contributed by atoms with E-state index in [0.29, 0.717) is 18.0 Å². The molecule has 0 fully saturated rings. The minimum Gasteiger partial charge on any atom is -0.338 e. The smallest absolute Gasteiger partial charge is 0.227 e. The van der Waals surface area contributed by atoms with E-state index in [1.54, 1.807) is 49.4 Å². The number of rotatable bonds is 8. The van der Waals surface area contributed by atoms with E-state index >= 15 is 0 Å². The molecule has 0 atom stereocenters. The molecule has 0 aliphatic rings. The number of hydrogen-bond acceptors (Lipinski definition) is 4. The third kappa shape index (κ3) is 5.16. The fourth-order valence-electron chi connectivity index (χ4n) is 2.52. The highest BCUT2D eigenvalue weighted by Gasteiger charge is 2.19. The van der Waals surface area contributed by atoms with Gasteiger partial charge in [-0.05, 0) is 60.4 Å². The molecule has 0 aliphatic carbocycles. The van der Waals surface area contributed by atoms with Crippen molar-refractivity contribution in [1.82, 2.24) is 4.90 Å². The summed E-state index contributed by atoms with van der Waals surface area (Å²) < 4.78 is 24.3. The summed E-state index contributed by atoms with van der Waals surface area (Å²) in [5.74, 6) is 0.0625. The topological polar surface area (TPSA) is 54.5 Å². The summed E-state index contributed by atoms with van der Waals surface area (Å²) >= 11 is 1.63. The molecule has 4 nitrogen and oxygen atoms in total. The van der Waals surface area contributed by atoms with E-state index in [0.717, 1.165) is 17.5 Å². The summed E-state index contributed by atoms with van der Waals surface area (Å²) in [5, 5.41) is 3.62. The fourth-order valence-corrected chi connectivity index (χ4v) is 4.24.